The number of likely N-dealkylation sites (tertiary alicyclic amines) is 1. The van der Waals surface area contributed by atoms with Gasteiger partial charge in [-0.15, -0.1) is 0 Å². The van der Waals surface area contributed by atoms with E-state index in [4.69, 9.17) is 0 Å². The topological polar surface area (TPSA) is 47.3 Å². The van der Waals surface area contributed by atoms with Gasteiger partial charge in [0.25, 0.3) is 0 Å². The summed E-state index contributed by atoms with van der Waals surface area (Å²) in [5, 5.41) is 19.6. The lowest BCUT2D eigenvalue weighted by atomic mass is 9.76. The summed E-state index contributed by atoms with van der Waals surface area (Å²) in [5.41, 5.74) is -0.558. The molecule has 2 fully saturated rings. The molecule has 18 heavy (non-hydrogen) atoms. The summed E-state index contributed by atoms with van der Waals surface area (Å²) in [5.74, 6) is 0.938. The number of rotatable bonds is 2. The maximum Gasteiger partial charge on any atom is 0.0746 e. The van der Waals surface area contributed by atoms with Crippen LogP contribution in [0.2, 0.25) is 0 Å². The Morgan fingerprint density at radius 1 is 1.44 bits per heavy atom. The van der Waals surface area contributed by atoms with Crippen molar-refractivity contribution in [3.63, 3.8) is 0 Å². The summed E-state index contributed by atoms with van der Waals surface area (Å²) in [6.45, 7) is 5.98. The molecular formula is C15H26N2O. The van der Waals surface area contributed by atoms with Crippen LogP contribution >= 0.6 is 0 Å². The maximum atomic E-state index is 10.2. The molecule has 102 valence electrons. The number of hydrogen-bond acceptors (Lipinski definition) is 3. The summed E-state index contributed by atoms with van der Waals surface area (Å²) in [6.07, 6.45) is 6.56. The largest absolute Gasteiger partial charge is 0.389 e. The third kappa shape index (κ3) is 3.05. The molecule has 4 atom stereocenters. The van der Waals surface area contributed by atoms with Crippen LogP contribution in [-0.4, -0.2) is 34.7 Å². The van der Waals surface area contributed by atoms with E-state index in [0.29, 0.717) is 6.04 Å². The van der Waals surface area contributed by atoms with Gasteiger partial charge < -0.3 is 5.11 Å². The summed E-state index contributed by atoms with van der Waals surface area (Å²) in [6, 6.07) is 2.88. The van der Waals surface area contributed by atoms with Gasteiger partial charge in [0.1, 0.15) is 0 Å². The number of hydrogen-bond donors (Lipinski definition) is 1. The zero-order valence-corrected chi connectivity index (χ0v) is 11.7. The molecule has 0 spiro atoms. The molecule has 2 aliphatic rings. The third-order valence-corrected chi connectivity index (χ3v) is 4.84. The first-order valence-electron chi connectivity index (χ1n) is 7.42. The highest BCUT2D eigenvalue weighted by Crippen LogP contribution is 2.36. The summed E-state index contributed by atoms with van der Waals surface area (Å²) in [7, 11) is 0. The Hall–Kier alpha value is -0.590. The fourth-order valence-corrected chi connectivity index (χ4v) is 3.70. The maximum absolute atomic E-state index is 10.2. The van der Waals surface area contributed by atoms with Crippen LogP contribution in [0.15, 0.2) is 0 Å². The zero-order valence-electron chi connectivity index (χ0n) is 11.7. The summed E-state index contributed by atoms with van der Waals surface area (Å²) >= 11 is 0. The first kappa shape index (κ1) is 13.8. The molecule has 1 saturated heterocycles. The van der Waals surface area contributed by atoms with Crippen molar-refractivity contribution in [3.05, 3.63) is 0 Å². The van der Waals surface area contributed by atoms with Crippen molar-refractivity contribution >= 4 is 0 Å². The van der Waals surface area contributed by atoms with Gasteiger partial charge in [-0.3, -0.25) is 4.90 Å². The number of β-amino-alcohol motifs (C(OH)–C–C–N with tert-alkyl or cyclic N) is 1. The van der Waals surface area contributed by atoms with Gasteiger partial charge in [-0.25, -0.2) is 0 Å². The monoisotopic (exact) mass is 250 g/mol. The fourth-order valence-electron chi connectivity index (χ4n) is 3.70. The molecule has 1 aliphatic heterocycles. The van der Waals surface area contributed by atoms with Crippen molar-refractivity contribution in [3.8, 4) is 6.07 Å². The van der Waals surface area contributed by atoms with Crippen LogP contribution in [0.25, 0.3) is 0 Å². The van der Waals surface area contributed by atoms with Crippen LogP contribution in [0.5, 0.6) is 0 Å². The molecule has 4 unspecified atom stereocenters. The Balaban J connectivity index is 2.06. The molecule has 0 radical (unpaired) electrons. The van der Waals surface area contributed by atoms with E-state index >= 15 is 0 Å². The van der Waals surface area contributed by atoms with Gasteiger partial charge in [0.15, 0.2) is 0 Å². The molecule has 2 rings (SSSR count). The zero-order chi connectivity index (χ0) is 13.2. The molecule has 0 bridgehead atoms. The van der Waals surface area contributed by atoms with E-state index in [-0.39, 0.29) is 5.92 Å². The van der Waals surface area contributed by atoms with Crippen molar-refractivity contribution in [2.24, 2.45) is 11.8 Å². The molecule has 0 amide bonds. The van der Waals surface area contributed by atoms with E-state index in [1.54, 1.807) is 0 Å². The van der Waals surface area contributed by atoms with Crippen molar-refractivity contribution in [1.82, 2.24) is 4.90 Å². The minimum Gasteiger partial charge on any atom is -0.389 e. The van der Waals surface area contributed by atoms with Crippen LogP contribution in [0.3, 0.4) is 0 Å². The van der Waals surface area contributed by atoms with Gasteiger partial charge >= 0.3 is 0 Å². The Bertz CT molecular complexity index is 321. The summed E-state index contributed by atoms with van der Waals surface area (Å²) < 4.78 is 0. The van der Waals surface area contributed by atoms with E-state index in [1.165, 1.54) is 12.8 Å². The van der Waals surface area contributed by atoms with Crippen molar-refractivity contribution in [2.75, 3.05) is 13.1 Å². The Labute approximate surface area is 111 Å². The lowest BCUT2D eigenvalue weighted by Gasteiger charge is -2.45. The van der Waals surface area contributed by atoms with Crippen molar-refractivity contribution < 1.29 is 5.11 Å². The highest BCUT2D eigenvalue weighted by molar-refractivity contribution is 4.99. The second kappa shape index (κ2) is 5.59. The normalized spacial score (nSPS) is 42.4. The number of nitrogens with zero attached hydrogens (tertiary/aromatic N) is 2. The van der Waals surface area contributed by atoms with E-state index < -0.39 is 5.60 Å². The standard InChI is InChI=1S/C15H26N2O/c1-3-12-5-6-13(10-16)14(9-12)17-8-4-7-15(2,18)11-17/h12-14,18H,3-9,11H2,1-2H3. The quantitative estimate of drug-likeness (QED) is 0.819. The Morgan fingerprint density at radius 3 is 2.83 bits per heavy atom. The molecule has 1 heterocycles. The van der Waals surface area contributed by atoms with E-state index in [2.05, 4.69) is 17.9 Å². The molecular weight excluding hydrogens is 224 g/mol. The van der Waals surface area contributed by atoms with E-state index in [9.17, 15) is 10.4 Å². The number of nitriles is 1. The second-order valence-electron chi connectivity index (χ2n) is 6.46. The van der Waals surface area contributed by atoms with Crippen LogP contribution in [0, 0.1) is 23.2 Å². The molecule has 1 aliphatic carbocycles. The van der Waals surface area contributed by atoms with Crippen LogP contribution in [0.1, 0.15) is 52.4 Å². The summed E-state index contributed by atoms with van der Waals surface area (Å²) in [4.78, 5) is 2.39. The van der Waals surface area contributed by atoms with Gasteiger partial charge in [-0.1, -0.05) is 13.3 Å². The van der Waals surface area contributed by atoms with Gasteiger partial charge in [0.2, 0.25) is 0 Å². The van der Waals surface area contributed by atoms with Gasteiger partial charge in [-0.2, -0.15) is 5.26 Å². The number of aliphatic hydroxyl groups is 1. The van der Waals surface area contributed by atoms with Gasteiger partial charge in [-0.05, 0) is 51.5 Å². The van der Waals surface area contributed by atoms with Crippen LogP contribution < -0.4 is 0 Å². The first-order valence-corrected chi connectivity index (χ1v) is 7.42. The fraction of sp³-hybridized carbons (Fsp3) is 0.933. The van der Waals surface area contributed by atoms with E-state index in [0.717, 1.165) is 44.7 Å². The predicted octanol–water partition coefficient (Wildman–Crippen LogP) is 2.55. The Kier molecular flexibility index (Phi) is 4.29. The average Bonchev–Trinajstić information content (AvgIpc) is 2.36. The second-order valence-corrected chi connectivity index (χ2v) is 6.46. The minimum atomic E-state index is -0.558. The molecule has 1 saturated carbocycles. The molecule has 0 aromatic carbocycles. The smallest absolute Gasteiger partial charge is 0.0746 e. The van der Waals surface area contributed by atoms with Crippen molar-refractivity contribution in [2.45, 2.75) is 64.0 Å². The molecule has 0 aromatic heterocycles. The van der Waals surface area contributed by atoms with Gasteiger partial charge in [0.05, 0.1) is 17.6 Å². The third-order valence-electron chi connectivity index (χ3n) is 4.84. The van der Waals surface area contributed by atoms with Gasteiger partial charge in [0, 0.05) is 12.6 Å². The lowest BCUT2D eigenvalue weighted by molar-refractivity contribution is -0.0447. The van der Waals surface area contributed by atoms with Crippen LogP contribution in [0.4, 0.5) is 0 Å². The SMILES string of the molecule is CCC1CCC(C#N)C(N2CCCC(C)(O)C2)C1. The minimum absolute atomic E-state index is 0.168. The lowest BCUT2D eigenvalue weighted by Crippen LogP contribution is -2.53. The highest BCUT2D eigenvalue weighted by atomic mass is 16.3. The van der Waals surface area contributed by atoms with Crippen LogP contribution in [-0.2, 0) is 0 Å². The number of piperidine rings is 1. The molecule has 3 heteroatoms. The van der Waals surface area contributed by atoms with Crippen molar-refractivity contribution in [1.29, 1.82) is 5.26 Å². The highest BCUT2D eigenvalue weighted by Gasteiger charge is 2.38. The molecule has 0 aromatic rings. The molecule has 1 N–H and O–H groups in total. The first-order chi connectivity index (χ1) is 8.55. The molecule has 3 nitrogen and oxygen atoms in total. The Morgan fingerprint density at radius 2 is 2.22 bits per heavy atom. The van der Waals surface area contributed by atoms with E-state index in [1.807, 2.05) is 6.92 Å². The predicted molar refractivity (Wildman–Crippen MR) is 72.0 cm³/mol. The average molecular weight is 250 g/mol.